The maximum absolute atomic E-state index is 5.94. The predicted molar refractivity (Wildman–Crippen MR) is 64.1 cm³/mol. The minimum absolute atomic E-state index is 0.208. The van der Waals surface area contributed by atoms with E-state index in [-0.39, 0.29) is 6.10 Å². The second-order valence-electron chi connectivity index (χ2n) is 4.52. The first-order valence-electron chi connectivity index (χ1n) is 6.01. The summed E-state index contributed by atoms with van der Waals surface area (Å²) in [6.07, 6.45) is 7.72. The van der Waals surface area contributed by atoms with Crippen LogP contribution >= 0.6 is 0 Å². The van der Waals surface area contributed by atoms with E-state index < -0.39 is 0 Å². The number of piperidine rings is 1. The molecule has 1 aliphatic rings. The number of fused-ring (bicyclic) bond motifs is 1. The van der Waals surface area contributed by atoms with Gasteiger partial charge >= 0.3 is 0 Å². The van der Waals surface area contributed by atoms with Gasteiger partial charge in [0.1, 0.15) is 11.6 Å². The van der Waals surface area contributed by atoms with E-state index in [9.17, 15) is 0 Å². The molecule has 0 spiro atoms. The molecule has 1 aliphatic heterocycles. The average Bonchev–Trinajstić information content (AvgIpc) is 2.81. The summed E-state index contributed by atoms with van der Waals surface area (Å²) in [5.41, 5.74) is 0.922. The normalized spacial score (nSPS) is 25.0. The minimum Gasteiger partial charge on any atom is -0.471 e. The highest BCUT2D eigenvalue weighted by atomic mass is 16.5. The minimum atomic E-state index is 0.208. The zero-order chi connectivity index (χ0) is 11.7. The van der Waals surface area contributed by atoms with Gasteiger partial charge in [-0.05, 0) is 25.8 Å². The van der Waals surface area contributed by atoms with Crippen LogP contribution in [-0.2, 0) is 0 Å². The first kappa shape index (κ1) is 10.5. The Morgan fingerprint density at radius 1 is 1.41 bits per heavy atom. The molecule has 1 fully saturated rings. The third kappa shape index (κ3) is 2.10. The summed E-state index contributed by atoms with van der Waals surface area (Å²) in [5.74, 6) is 0.673. The molecule has 2 aromatic rings. The van der Waals surface area contributed by atoms with Crippen LogP contribution < -0.4 is 10.1 Å². The molecule has 3 rings (SSSR count). The van der Waals surface area contributed by atoms with Crippen LogP contribution in [0.15, 0.2) is 24.7 Å². The summed E-state index contributed by atoms with van der Waals surface area (Å²) in [5, 5.41) is 7.58. The molecular formula is C12H16N4O. The Labute approximate surface area is 99.8 Å². The standard InChI is InChI=1S/C12H16N4O/c1-9-2-3-10(8-14-9)17-12-11-4-5-15-16(11)7-6-13-12/h4-7,9-10,14H,2-3,8H2,1H3/t9-,10-/m1/s1. The Morgan fingerprint density at radius 2 is 2.35 bits per heavy atom. The maximum atomic E-state index is 5.94. The zero-order valence-electron chi connectivity index (χ0n) is 9.84. The maximum Gasteiger partial charge on any atom is 0.240 e. The first-order chi connectivity index (χ1) is 8.33. The molecule has 3 heterocycles. The number of ether oxygens (including phenoxy) is 1. The SMILES string of the molecule is C[C@@H]1CC[C@@H](Oc2nccn3nccc23)CN1. The van der Waals surface area contributed by atoms with Crippen LogP contribution in [0.2, 0.25) is 0 Å². The van der Waals surface area contributed by atoms with Gasteiger partial charge in [-0.15, -0.1) is 0 Å². The molecule has 1 N–H and O–H groups in total. The van der Waals surface area contributed by atoms with Crippen molar-refractivity contribution >= 4 is 5.52 Å². The Kier molecular flexibility index (Phi) is 2.68. The van der Waals surface area contributed by atoms with Gasteiger partial charge in [0, 0.05) is 25.0 Å². The highest BCUT2D eigenvalue weighted by Gasteiger charge is 2.20. The van der Waals surface area contributed by atoms with E-state index in [1.54, 1.807) is 16.9 Å². The molecule has 0 radical (unpaired) electrons. The number of nitrogens with one attached hydrogen (secondary N) is 1. The fraction of sp³-hybridized carbons (Fsp3) is 0.500. The molecule has 0 saturated carbocycles. The largest absolute Gasteiger partial charge is 0.471 e. The predicted octanol–water partition coefficient (Wildman–Crippen LogP) is 1.25. The van der Waals surface area contributed by atoms with Crippen LogP contribution in [-0.4, -0.2) is 33.3 Å². The van der Waals surface area contributed by atoms with Gasteiger partial charge in [-0.2, -0.15) is 5.10 Å². The van der Waals surface area contributed by atoms with Gasteiger partial charge < -0.3 is 10.1 Å². The van der Waals surface area contributed by atoms with E-state index in [1.165, 1.54) is 0 Å². The number of rotatable bonds is 2. The van der Waals surface area contributed by atoms with Crippen LogP contribution in [0, 0.1) is 0 Å². The van der Waals surface area contributed by atoms with Crippen molar-refractivity contribution in [3.8, 4) is 5.88 Å². The lowest BCUT2D eigenvalue weighted by molar-refractivity contribution is 0.148. The molecule has 5 heteroatoms. The average molecular weight is 232 g/mol. The zero-order valence-corrected chi connectivity index (χ0v) is 9.84. The van der Waals surface area contributed by atoms with Crippen molar-refractivity contribution < 1.29 is 4.74 Å². The van der Waals surface area contributed by atoms with E-state index in [0.29, 0.717) is 11.9 Å². The summed E-state index contributed by atoms with van der Waals surface area (Å²) < 4.78 is 7.72. The summed E-state index contributed by atoms with van der Waals surface area (Å²) in [7, 11) is 0. The molecule has 0 unspecified atom stereocenters. The van der Waals surface area contributed by atoms with E-state index in [0.717, 1.165) is 24.9 Å². The number of hydrogen-bond donors (Lipinski definition) is 1. The smallest absolute Gasteiger partial charge is 0.240 e. The molecule has 0 aromatic carbocycles. The van der Waals surface area contributed by atoms with Crippen molar-refractivity contribution in [3.63, 3.8) is 0 Å². The quantitative estimate of drug-likeness (QED) is 0.846. The molecule has 0 amide bonds. The Bertz CT molecular complexity index is 502. The molecule has 1 saturated heterocycles. The van der Waals surface area contributed by atoms with Crippen molar-refractivity contribution in [2.45, 2.75) is 31.9 Å². The van der Waals surface area contributed by atoms with Crippen molar-refractivity contribution in [2.75, 3.05) is 6.54 Å². The highest BCUT2D eigenvalue weighted by molar-refractivity contribution is 5.54. The topological polar surface area (TPSA) is 51.5 Å². The Morgan fingerprint density at radius 3 is 3.18 bits per heavy atom. The van der Waals surface area contributed by atoms with Crippen LogP contribution in [0.4, 0.5) is 0 Å². The van der Waals surface area contributed by atoms with E-state index in [2.05, 4.69) is 22.3 Å². The Hall–Kier alpha value is -1.62. The molecule has 17 heavy (non-hydrogen) atoms. The molecule has 90 valence electrons. The van der Waals surface area contributed by atoms with E-state index in [1.807, 2.05) is 12.3 Å². The molecule has 5 nitrogen and oxygen atoms in total. The fourth-order valence-corrected chi connectivity index (χ4v) is 2.15. The third-order valence-electron chi connectivity index (χ3n) is 3.18. The number of nitrogens with zero attached hydrogens (tertiary/aromatic N) is 3. The van der Waals surface area contributed by atoms with Gasteiger partial charge in [0.05, 0.1) is 6.20 Å². The van der Waals surface area contributed by atoms with Gasteiger partial charge in [-0.1, -0.05) is 0 Å². The van der Waals surface area contributed by atoms with Crippen LogP contribution in [0.25, 0.3) is 5.52 Å². The molecular weight excluding hydrogens is 216 g/mol. The van der Waals surface area contributed by atoms with Gasteiger partial charge in [0.25, 0.3) is 0 Å². The Balaban J connectivity index is 1.78. The van der Waals surface area contributed by atoms with Crippen molar-refractivity contribution in [1.82, 2.24) is 19.9 Å². The fourth-order valence-electron chi connectivity index (χ4n) is 2.15. The summed E-state index contributed by atoms with van der Waals surface area (Å²) in [4.78, 5) is 4.28. The highest BCUT2D eigenvalue weighted by Crippen LogP contribution is 2.19. The first-order valence-corrected chi connectivity index (χ1v) is 6.01. The lowest BCUT2D eigenvalue weighted by Gasteiger charge is -2.27. The van der Waals surface area contributed by atoms with E-state index in [4.69, 9.17) is 4.74 Å². The summed E-state index contributed by atoms with van der Waals surface area (Å²) in [6, 6.07) is 2.51. The van der Waals surface area contributed by atoms with Gasteiger partial charge in [0.2, 0.25) is 5.88 Å². The van der Waals surface area contributed by atoms with Crippen molar-refractivity contribution in [3.05, 3.63) is 24.7 Å². The molecule has 0 aliphatic carbocycles. The lowest BCUT2D eigenvalue weighted by Crippen LogP contribution is -2.42. The third-order valence-corrected chi connectivity index (χ3v) is 3.18. The summed E-state index contributed by atoms with van der Waals surface area (Å²) >= 11 is 0. The second-order valence-corrected chi connectivity index (χ2v) is 4.52. The molecule has 0 bridgehead atoms. The lowest BCUT2D eigenvalue weighted by atomic mass is 10.0. The van der Waals surface area contributed by atoms with Gasteiger partial charge in [-0.3, -0.25) is 0 Å². The van der Waals surface area contributed by atoms with Gasteiger partial charge in [-0.25, -0.2) is 9.50 Å². The van der Waals surface area contributed by atoms with Crippen LogP contribution in [0.1, 0.15) is 19.8 Å². The second kappa shape index (κ2) is 4.33. The number of hydrogen-bond acceptors (Lipinski definition) is 4. The van der Waals surface area contributed by atoms with E-state index >= 15 is 0 Å². The number of aromatic nitrogens is 3. The van der Waals surface area contributed by atoms with Gasteiger partial charge in [0.15, 0.2) is 0 Å². The monoisotopic (exact) mass is 232 g/mol. The van der Waals surface area contributed by atoms with Crippen LogP contribution in [0.3, 0.4) is 0 Å². The molecule has 2 aromatic heterocycles. The van der Waals surface area contributed by atoms with Crippen molar-refractivity contribution in [2.24, 2.45) is 0 Å². The van der Waals surface area contributed by atoms with Crippen LogP contribution in [0.5, 0.6) is 5.88 Å². The molecule has 2 atom stereocenters. The van der Waals surface area contributed by atoms with Crippen molar-refractivity contribution in [1.29, 1.82) is 0 Å². The summed E-state index contributed by atoms with van der Waals surface area (Å²) in [6.45, 7) is 3.09.